The summed E-state index contributed by atoms with van der Waals surface area (Å²) in [4.78, 5) is 1.99. The van der Waals surface area contributed by atoms with E-state index in [1.807, 2.05) is 18.0 Å². The standard InChI is InChI=1S/C16H20FN3/c1-20(15-4-2-3-13(17)9-15)11-16(10-18,12-5-6-12)19-14-7-8-14/h2-4,9,12,14,19H,5-8,11H2,1H3. The molecule has 0 aromatic heterocycles. The van der Waals surface area contributed by atoms with E-state index in [9.17, 15) is 9.65 Å². The first-order valence-electron chi connectivity index (χ1n) is 7.28. The number of halogens is 1. The highest BCUT2D eigenvalue weighted by Gasteiger charge is 2.48. The minimum absolute atomic E-state index is 0.238. The summed E-state index contributed by atoms with van der Waals surface area (Å²) < 4.78 is 13.3. The Hall–Kier alpha value is -1.60. The summed E-state index contributed by atoms with van der Waals surface area (Å²) >= 11 is 0. The summed E-state index contributed by atoms with van der Waals surface area (Å²) in [6.45, 7) is 0.605. The maximum absolute atomic E-state index is 13.3. The third-order valence-corrected chi connectivity index (χ3v) is 4.25. The van der Waals surface area contributed by atoms with Crippen LogP contribution < -0.4 is 10.2 Å². The molecule has 0 heterocycles. The number of nitriles is 1. The normalized spacial score (nSPS) is 21.1. The van der Waals surface area contributed by atoms with E-state index < -0.39 is 5.54 Å². The van der Waals surface area contributed by atoms with E-state index in [1.165, 1.54) is 25.0 Å². The summed E-state index contributed by atoms with van der Waals surface area (Å²) in [5.41, 5.74) is 0.338. The van der Waals surface area contributed by atoms with Crippen molar-refractivity contribution in [2.24, 2.45) is 5.92 Å². The lowest BCUT2D eigenvalue weighted by atomic mass is 9.93. The van der Waals surface area contributed by atoms with Crippen molar-refractivity contribution in [3.8, 4) is 6.07 Å². The number of likely N-dealkylation sites (N-methyl/N-ethyl adjacent to an activating group) is 1. The van der Waals surface area contributed by atoms with E-state index in [0.29, 0.717) is 18.5 Å². The van der Waals surface area contributed by atoms with Gasteiger partial charge in [0, 0.05) is 25.3 Å². The molecular weight excluding hydrogens is 253 g/mol. The predicted octanol–water partition coefficient (Wildman–Crippen LogP) is 2.69. The van der Waals surface area contributed by atoms with Crippen molar-refractivity contribution in [3.05, 3.63) is 30.1 Å². The molecule has 2 aliphatic rings. The van der Waals surface area contributed by atoms with Crippen LogP contribution in [0.15, 0.2) is 24.3 Å². The zero-order chi connectivity index (χ0) is 14.2. The third-order valence-electron chi connectivity index (χ3n) is 4.25. The second kappa shape index (κ2) is 5.06. The first-order valence-corrected chi connectivity index (χ1v) is 7.28. The van der Waals surface area contributed by atoms with Gasteiger partial charge in [-0.25, -0.2) is 4.39 Å². The van der Waals surface area contributed by atoms with E-state index in [-0.39, 0.29) is 5.82 Å². The third kappa shape index (κ3) is 2.78. The lowest BCUT2D eigenvalue weighted by molar-refractivity contribution is 0.365. The first kappa shape index (κ1) is 13.4. The summed E-state index contributed by atoms with van der Waals surface area (Å²) in [7, 11) is 1.93. The second-order valence-corrected chi connectivity index (χ2v) is 6.11. The molecule has 0 radical (unpaired) electrons. The molecule has 1 aromatic carbocycles. The van der Waals surface area contributed by atoms with Gasteiger partial charge in [-0.15, -0.1) is 0 Å². The van der Waals surface area contributed by atoms with Gasteiger partial charge in [0.1, 0.15) is 11.4 Å². The Bertz CT molecular complexity index is 531. The molecular formula is C16H20FN3. The van der Waals surface area contributed by atoms with E-state index in [1.54, 1.807) is 6.07 Å². The fourth-order valence-electron chi connectivity index (χ4n) is 2.80. The minimum atomic E-state index is -0.484. The van der Waals surface area contributed by atoms with Gasteiger partial charge >= 0.3 is 0 Å². The average molecular weight is 273 g/mol. The van der Waals surface area contributed by atoms with Crippen LogP contribution in [0.4, 0.5) is 10.1 Å². The Kier molecular flexibility index (Phi) is 3.39. The number of hydrogen-bond donors (Lipinski definition) is 1. The Morgan fingerprint density at radius 2 is 2.15 bits per heavy atom. The summed E-state index contributed by atoms with van der Waals surface area (Å²) in [5, 5.41) is 13.2. The molecule has 0 aliphatic heterocycles. The monoisotopic (exact) mass is 273 g/mol. The molecule has 1 N–H and O–H groups in total. The average Bonchev–Trinajstić information content (AvgIpc) is 3.30. The van der Waals surface area contributed by atoms with Gasteiger partial charge in [-0.1, -0.05) is 6.07 Å². The highest BCUT2D eigenvalue weighted by molar-refractivity contribution is 5.47. The fourth-order valence-corrected chi connectivity index (χ4v) is 2.80. The molecule has 4 heteroatoms. The highest BCUT2D eigenvalue weighted by atomic mass is 19.1. The van der Waals surface area contributed by atoms with Gasteiger partial charge in [-0.2, -0.15) is 5.26 Å². The van der Waals surface area contributed by atoms with Crippen molar-refractivity contribution in [1.82, 2.24) is 5.32 Å². The molecule has 20 heavy (non-hydrogen) atoms. The SMILES string of the molecule is CN(CC(C#N)(NC1CC1)C1CC1)c1cccc(F)c1. The molecule has 1 aromatic rings. The largest absolute Gasteiger partial charge is 0.372 e. The van der Waals surface area contributed by atoms with Crippen LogP contribution in [-0.2, 0) is 0 Å². The lowest BCUT2D eigenvalue weighted by Crippen LogP contribution is -2.54. The molecule has 1 atom stereocenters. The van der Waals surface area contributed by atoms with Crippen LogP contribution in [-0.4, -0.2) is 25.2 Å². The lowest BCUT2D eigenvalue weighted by Gasteiger charge is -2.33. The Morgan fingerprint density at radius 1 is 1.40 bits per heavy atom. The van der Waals surface area contributed by atoms with Crippen LogP contribution in [0.3, 0.4) is 0 Å². The number of nitrogens with zero attached hydrogens (tertiary/aromatic N) is 2. The van der Waals surface area contributed by atoms with Crippen molar-refractivity contribution in [3.63, 3.8) is 0 Å². The van der Waals surface area contributed by atoms with Gasteiger partial charge in [-0.3, -0.25) is 5.32 Å². The second-order valence-electron chi connectivity index (χ2n) is 6.11. The molecule has 2 fully saturated rings. The maximum atomic E-state index is 13.3. The summed E-state index contributed by atoms with van der Waals surface area (Å²) in [6, 6.07) is 9.57. The molecule has 2 aliphatic carbocycles. The van der Waals surface area contributed by atoms with Crippen LogP contribution in [0.5, 0.6) is 0 Å². The van der Waals surface area contributed by atoms with E-state index in [0.717, 1.165) is 18.5 Å². The predicted molar refractivity (Wildman–Crippen MR) is 76.9 cm³/mol. The molecule has 0 amide bonds. The Balaban J connectivity index is 1.76. The van der Waals surface area contributed by atoms with Gasteiger partial charge in [0.2, 0.25) is 0 Å². The van der Waals surface area contributed by atoms with Gasteiger partial charge in [0.05, 0.1) is 6.07 Å². The number of rotatable bonds is 6. The zero-order valence-electron chi connectivity index (χ0n) is 11.8. The van der Waals surface area contributed by atoms with Crippen LogP contribution in [0, 0.1) is 23.1 Å². The molecule has 3 nitrogen and oxygen atoms in total. The van der Waals surface area contributed by atoms with Gasteiger partial charge in [0.25, 0.3) is 0 Å². The van der Waals surface area contributed by atoms with Crippen molar-refractivity contribution < 1.29 is 4.39 Å². The molecule has 0 bridgehead atoms. The minimum Gasteiger partial charge on any atom is -0.372 e. The van der Waals surface area contributed by atoms with Crippen LogP contribution in [0.1, 0.15) is 25.7 Å². The van der Waals surface area contributed by atoms with Gasteiger partial charge in [-0.05, 0) is 49.8 Å². The zero-order valence-corrected chi connectivity index (χ0v) is 11.8. The number of benzene rings is 1. The summed E-state index contributed by atoms with van der Waals surface area (Å²) in [6.07, 6.45) is 4.56. The van der Waals surface area contributed by atoms with E-state index in [4.69, 9.17) is 0 Å². The van der Waals surface area contributed by atoms with Crippen LogP contribution in [0.25, 0.3) is 0 Å². The van der Waals surface area contributed by atoms with E-state index in [2.05, 4.69) is 11.4 Å². The molecule has 106 valence electrons. The van der Waals surface area contributed by atoms with Gasteiger partial charge < -0.3 is 4.90 Å². The Labute approximate surface area is 119 Å². The Morgan fingerprint density at radius 3 is 2.70 bits per heavy atom. The molecule has 2 saturated carbocycles. The molecule has 1 unspecified atom stereocenters. The molecule has 0 spiro atoms. The fraction of sp³-hybridized carbons (Fsp3) is 0.562. The number of hydrogen-bond acceptors (Lipinski definition) is 3. The molecule has 0 saturated heterocycles. The number of nitrogens with one attached hydrogen (secondary N) is 1. The smallest absolute Gasteiger partial charge is 0.127 e. The van der Waals surface area contributed by atoms with Crippen molar-refractivity contribution in [2.75, 3.05) is 18.5 Å². The number of anilines is 1. The molecule has 3 rings (SSSR count). The van der Waals surface area contributed by atoms with Crippen LogP contribution >= 0.6 is 0 Å². The van der Waals surface area contributed by atoms with Crippen molar-refractivity contribution in [2.45, 2.75) is 37.3 Å². The highest BCUT2D eigenvalue weighted by Crippen LogP contribution is 2.42. The summed E-state index contributed by atoms with van der Waals surface area (Å²) in [5.74, 6) is 0.197. The van der Waals surface area contributed by atoms with E-state index >= 15 is 0 Å². The van der Waals surface area contributed by atoms with Crippen LogP contribution in [0.2, 0.25) is 0 Å². The first-order chi connectivity index (χ1) is 9.63. The quantitative estimate of drug-likeness (QED) is 0.866. The van der Waals surface area contributed by atoms with Gasteiger partial charge in [0.15, 0.2) is 0 Å². The maximum Gasteiger partial charge on any atom is 0.127 e. The van der Waals surface area contributed by atoms with Crippen molar-refractivity contribution >= 4 is 5.69 Å². The van der Waals surface area contributed by atoms with Crippen molar-refractivity contribution in [1.29, 1.82) is 5.26 Å². The topological polar surface area (TPSA) is 39.1 Å².